The number of aromatic nitrogens is 2. The zero-order valence-electron chi connectivity index (χ0n) is 21.9. The summed E-state index contributed by atoms with van der Waals surface area (Å²) in [6.45, 7) is 3.22. The number of carbonyl (C=O) groups is 4. The molecule has 0 spiro atoms. The van der Waals surface area contributed by atoms with Crippen molar-refractivity contribution >= 4 is 35.0 Å². The van der Waals surface area contributed by atoms with E-state index in [4.69, 9.17) is 0 Å². The van der Waals surface area contributed by atoms with Crippen molar-refractivity contribution < 1.29 is 19.2 Å². The summed E-state index contributed by atoms with van der Waals surface area (Å²) in [5, 5.41) is 10.9. The maximum atomic E-state index is 12.5. The van der Waals surface area contributed by atoms with Crippen LogP contribution in [-0.4, -0.2) is 45.7 Å². The van der Waals surface area contributed by atoms with Crippen molar-refractivity contribution in [1.82, 2.24) is 20.6 Å². The highest BCUT2D eigenvalue weighted by atomic mass is 16.2. The number of nitrogens with zero attached hydrogens (tertiary/aromatic N) is 2. The molecule has 4 aromatic rings. The predicted molar refractivity (Wildman–Crippen MR) is 151 cm³/mol. The first-order chi connectivity index (χ1) is 19.3. The van der Waals surface area contributed by atoms with Gasteiger partial charge in [-0.05, 0) is 73.5 Å². The molecule has 40 heavy (non-hydrogen) atoms. The molecule has 0 unspecified atom stereocenters. The van der Waals surface area contributed by atoms with Crippen LogP contribution < -0.4 is 21.3 Å². The van der Waals surface area contributed by atoms with E-state index in [1.165, 1.54) is 24.8 Å². The van der Waals surface area contributed by atoms with Gasteiger partial charge in [-0.15, -0.1) is 0 Å². The quantitative estimate of drug-likeness (QED) is 0.257. The van der Waals surface area contributed by atoms with Gasteiger partial charge in [-0.3, -0.25) is 29.1 Å². The first kappa shape index (κ1) is 27.6. The monoisotopic (exact) mass is 536 g/mol. The standard InChI is InChI=1S/C30H28N6O4/c1-19(33-29(39)23-11-15-31-16-12-23)27(37)35-25-7-3-21(4-8-25)22-5-9-26(10-6-22)36-28(38)20(2)34-30(40)24-13-17-32-18-14-24/h3-20H,1-2H3,(H,33,39)(H,34,40)(H,35,37)(H,36,38)/t19-,20-/m0/s1. The minimum absolute atomic E-state index is 0.346. The number of rotatable bonds is 9. The third-order valence-corrected chi connectivity index (χ3v) is 6.00. The van der Waals surface area contributed by atoms with Gasteiger partial charge < -0.3 is 21.3 Å². The second kappa shape index (κ2) is 12.9. The normalized spacial score (nSPS) is 11.9. The Balaban J connectivity index is 1.28. The van der Waals surface area contributed by atoms with Crippen molar-refractivity contribution in [2.24, 2.45) is 0 Å². The van der Waals surface area contributed by atoms with Gasteiger partial charge in [0.1, 0.15) is 12.1 Å². The molecule has 10 nitrogen and oxygen atoms in total. The van der Waals surface area contributed by atoms with Gasteiger partial charge in [0.15, 0.2) is 0 Å². The van der Waals surface area contributed by atoms with E-state index in [1.54, 1.807) is 62.4 Å². The second-order valence-electron chi connectivity index (χ2n) is 9.00. The topological polar surface area (TPSA) is 142 Å². The van der Waals surface area contributed by atoms with Crippen LogP contribution in [0, 0.1) is 0 Å². The van der Waals surface area contributed by atoms with Gasteiger partial charge in [0.2, 0.25) is 11.8 Å². The lowest BCUT2D eigenvalue weighted by Crippen LogP contribution is -2.41. The molecule has 4 rings (SSSR count). The molecule has 2 heterocycles. The summed E-state index contributed by atoms with van der Waals surface area (Å²) in [4.78, 5) is 57.4. The number of hydrogen-bond donors (Lipinski definition) is 4. The molecule has 0 saturated carbocycles. The molecule has 0 fully saturated rings. The number of nitrogens with one attached hydrogen (secondary N) is 4. The zero-order chi connectivity index (χ0) is 28.5. The molecule has 0 radical (unpaired) electrons. The van der Waals surface area contributed by atoms with E-state index in [1.807, 2.05) is 24.3 Å². The van der Waals surface area contributed by atoms with Crippen molar-refractivity contribution in [3.8, 4) is 11.1 Å². The Morgan fingerprint density at radius 3 is 1.18 bits per heavy atom. The Hall–Kier alpha value is -5.38. The van der Waals surface area contributed by atoms with Crippen molar-refractivity contribution in [3.05, 3.63) is 109 Å². The molecule has 0 aliphatic rings. The van der Waals surface area contributed by atoms with Crippen LogP contribution >= 0.6 is 0 Å². The van der Waals surface area contributed by atoms with E-state index in [9.17, 15) is 19.2 Å². The molecule has 4 amide bonds. The van der Waals surface area contributed by atoms with Crippen LogP contribution in [0.25, 0.3) is 11.1 Å². The van der Waals surface area contributed by atoms with Crippen LogP contribution in [0.1, 0.15) is 34.6 Å². The Morgan fingerprint density at radius 2 is 0.850 bits per heavy atom. The largest absolute Gasteiger partial charge is 0.341 e. The number of pyridine rings is 2. The maximum absolute atomic E-state index is 12.5. The average molecular weight is 537 g/mol. The Bertz CT molecular complexity index is 1360. The fourth-order valence-corrected chi connectivity index (χ4v) is 3.69. The number of benzene rings is 2. The fraction of sp³-hybridized carbons (Fsp3) is 0.133. The molecule has 2 aromatic heterocycles. The molecule has 202 valence electrons. The molecule has 2 atom stereocenters. The molecule has 0 saturated heterocycles. The van der Waals surface area contributed by atoms with E-state index in [2.05, 4.69) is 31.2 Å². The summed E-state index contributed by atoms with van der Waals surface area (Å²) >= 11 is 0. The van der Waals surface area contributed by atoms with Crippen LogP contribution in [0.3, 0.4) is 0 Å². The van der Waals surface area contributed by atoms with Gasteiger partial charge in [-0.1, -0.05) is 24.3 Å². The number of carbonyl (C=O) groups excluding carboxylic acids is 4. The summed E-state index contributed by atoms with van der Waals surface area (Å²) in [5.41, 5.74) is 3.84. The first-order valence-electron chi connectivity index (χ1n) is 12.5. The highest BCUT2D eigenvalue weighted by Gasteiger charge is 2.18. The predicted octanol–water partition coefficient (Wildman–Crippen LogP) is 3.66. The van der Waals surface area contributed by atoms with Crippen LogP contribution in [-0.2, 0) is 9.59 Å². The molecule has 10 heteroatoms. The Labute approximate surface area is 231 Å². The summed E-state index contributed by atoms with van der Waals surface area (Å²) in [6, 6.07) is 19.3. The second-order valence-corrected chi connectivity index (χ2v) is 9.00. The van der Waals surface area contributed by atoms with Crippen molar-refractivity contribution in [1.29, 1.82) is 0 Å². The minimum Gasteiger partial charge on any atom is -0.341 e. The van der Waals surface area contributed by atoms with E-state index in [0.29, 0.717) is 22.5 Å². The average Bonchev–Trinajstić information content (AvgIpc) is 2.98. The van der Waals surface area contributed by atoms with E-state index < -0.39 is 12.1 Å². The van der Waals surface area contributed by atoms with Crippen LogP contribution in [0.2, 0.25) is 0 Å². The minimum atomic E-state index is -0.741. The molecular formula is C30H28N6O4. The van der Waals surface area contributed by atoms with Gasteiger partial charge in [-0.25, -0.2) is 0 Å². The number of anilines is 2. The van der Waals surface area contributed by atoms with Crippen molar-refractivity contribution in [2.75, 3.05) is 10.6 Å². The lowest BCUT2D eigenvalue weighted by atomic mass is 10.0. The molecule has 2 aromatic carbocycles. The van der Waals surface area contributed by atoms with E-state index in [0.717, 1.165) is 11.1 Å². The van der Waals surface area contributed by atoms with Gasteiger partial charge >= 0.3 is 0 Å². The van der Waals surface area contributed by atoms with Crippen LogP contribution in [0.15, 0.2) is 97.6 Å². The van der Waals surface area contributed by atoms with Crippen LogP contribution in [0.5, 0.6) is 0 Å². The summed E-state index contributed by atoms with van der Waals surface area (Å²) in [7, 11) is 0. The van der Waals surface area contributed by atoms with Crippen LogP contribution in [0.4, 0.5) is 11.4 Å². The number of hydrogen-bond acceptors (Lipinski definition) is 6. The molecule has 0 aliphatic carbocycles. The smallest absolute Gasteiger partial charge is 0.252 e. The Kier molecular flexibility index (Phi) is 8.93. The highest BCUT2D eigenvalue weighted by molar-refractivity contribution is 6.02. The van der Waals surface area contributed by atoms with Gasteiger partial charge in [0.05, 0.1) is 0 Å². The Morgan fingerprint density at radius 1 is 0.525 bits per heavy atom. The summed E-state index contributed by atoms with van der Waals surface area (Å²) in [6.07, 6.45) is 6.05. The SMILES string of the molecule is C[C@H](NC(=O)c1ccncc1)C(=O)Nc1ccc(-c2ccc(NC(=O)[C@H](C)NC(=O)c3ccncc3)cc2)cc1. The fourth-order valence-electron chi connectivity index (χ4n) is 3.69. The maximum Gasteiger partial charge on any atom is 0.252 e. The van der Waals surface area contributed by atoms with Crippen molar-refractivity contribution in [2.45, 2.75) is 25.9 Å². The van der Waals surface area contributed by atoms with E-state index >= 15 is 0 Å². The van der Waals surface area contributed by atoms with E-state index in [-0.39, 0.29) is 23.6 Å². The third-order valence-electron chi connectivity index (χ3n) is 6.00. The van der Waals surface area contributed by atoms with Crippen molar-refractivity contribution in [3.63, 3.8) is 0 Å². The third kappa shape index (κ3) is 7.35. The lowest BCUT2D eigenvalue weighted by molar-refractivity contribution is -0.118. The molecular weight excluding hydrogens is 508 g/mol. The molecule has 0 bridgehead atoms. The first-order valence-corrected chi connectivity index (χ1v) is 12.5. The highest BCUT2D eigenvalue weighted by Crippen LogP contribution is 2.23. The molecule has 4 N–H and O–H groups in total. The number of amides is 4. The van der Waals surface area contributed by atoms with Gasteiger partial charge in [-0.2, -0.15) is 0 Å². The summed E-state index contributed by atoms with van der Waals surface area (Å²) < 4.78 is 0. The summed E-state index contributed by atoms with van der Waals surface area (Å²) in [5.74, 6) is -1.41. The zero-order valence-corrected chi connectivity index (χ0v) is 21.9. The van der Waals surface area contributed by atoms with Gasteiger partial charge in [0, 0.05) is 47.3 Å². The van der Waals surface area contributed by atoms with Gasteiger partial charge in [0.25, 0.3) is 11.8 Å². The lowest BCUT2D eigenvalue weighted by Gasteiger charge is -2.15. The molecule has 0 aliphatic heterocycles.